The number of carbonyl (C=O) groups excluding carboxylic acids is 2. The van der Waals surface area contributed by atoms with Gasteiger partial charge >= 0.3 is 5.97 Å². The molecule has 0 radical (unpaired) electrons. The van der Waals surface area contributed by atoms with E-state index in [1.54, 1.807) is 4.90 Å². The molecule has 7 nitrogen and oxygen atoms in total. The third-order valence-corrected chi connectivity index (χ3v) is 7.66. The van der Waals surface area contributed by atoms with Crippen molar-refractivity contribution in [2.75, 3.05) is 26.2 Å². The molecule has 0 aliphatic carbocycles. The van der Waals surface area contributed by atoms with E-state index < -0.39 is 16.0 Å². The molecule has 3 rings (SSSR count). The zero-order valence-electron chi connectivity index (χ0n) is 17.0. The highest BCUT2D eigenvalue weighted by atomic mass is 32.2. The van der Waals surface area contributed by atoms with Crippen LogP contribution in [0.3, 0.4) is 0 Å². The summed E-state index contributed by atoms with van der Waals surface area (Å²) >= 11 is 0. The maximum atomic E-state index is 12.8. The van der Waals surface area contributed by atoms with Crippen molar-refractivity contribution < 1.29 is 22.7 Å². The van der Waals surface area contributed by atoms with Crippen LogP contribution in [-0.2, 0) is 19.6 Å². The number of carbonyl (C=O) groups is 2. The Morgan fingerprint density at radius 1 is 0.966 bits per heavy atom. The maximum absolute atomic E-state index is 12.8. The van der Waals surface area contributed by atoms with Gasteiger partial charge in [-0.2, -0.15) is 4.31 Å². The van der Waals surface area contributed by atoms with Crippen molar-refractivity contribution in [2.24, 2.45) is 0 Å². The molecule has 2 aliphatic rings. The molecule has 2 saturated heterocycles. The summed E-state index contributed by atoms with van der Waals surface area (Å²) in [4.78, 5) is 26.5. The van der Waals surface area contributed by atoms with Gasteiger partial charge in [-0.3, -0.25) is 4.79 Å². The molecule has 29 heavy (non-hydrogen) atoms. The molecule has 0 N–H and O–H groups in total. The molecule has 1 amide bonds. The number of esters is 1. The van der Waals surface area contributed by atoms with Crippen LogP contribution in [0.5, 0.6) is 0 Å². The van der Waals surface area contributed by atoms with Crippen LogP contribution in [0.4, 0.5) is 0 Å². The molecule has 8 heteroatoms. The predicted octanol–water partition coefficient (Wildman–Crippen LogP) is 2.81. The smallest absolute Gasteiger partial charge is 0.338 e. The highest BCUT2D eigenvalue weighted by molar-refractivity contribution is 7.89. The number of piperidine rings is 1. The Morgan fingerprint density at radius 2 is 1.59 bits per heavy atom. The number of sulfonamides is 1. The van der Waals surface area contributed by atoms with Gasteiger partial charge in [-0.25, -0.2) is 13.2 Å². The van der Waals surface area contributed by atoms with Crippen LogP contribution in [0.25, 0.3) is 0 Å². The SMILES string of the molecule is C[C@@H]1CCCCN1C(=O)COC(=O)c1ccc(S(=O)(=O)N2CCCCCC2)cc1. The minimum Gasteiger partial charge on any atom is -0.452 e. The van der Waals surface area contributed by atoms with Crippen LogP contribution in [0.15, 0.2) is 29.2 Å². The number of nitrogens with zero attached hydrogens (tertiary/aromatic N) is 2. The van der Waals surface area contributed by atoms with Gasteiger partial charge in [-0.1, -0.05) is 12.8 Å². The van der Waals surface area contributed by atoms with Gasteiger partial charge in [0.2, 0.25) is 10.0 Å². The average molecular weight is 423 g/mol. The van der Waals surface area contributed by atoms with Gasteiger partial charge in [-0.15, -0.1) is 0 Å². The topological polar surface area (TPSA) is 84.0 Å². The summed E-state index contributed by atoms with van der Waals surface area (Å²) in [7, 11) is -3.55. The van der Waals surface area contributed by atoms with E-state index >= 15 is 0 Å². The van der Waals surface area contributed by atoms with Crippen molar-refractivity contribution in [3.8, 4) is 0 Å². The van der Waals surface area contributed by atoms with E-state index in [2.05, 4.69) is 0 Å². The number of amides is 1. The largest absolute Gasteiger partial charge is 0.452 e. The second-order valence-corrected chi connectivity index (χ2v) is 9.79. The number of rotatable bonds is 5. The van der Waals surface area contributed by atoms with Crippen molar-refractivity contribution in [2.45, 2.75) is 62.8 Å². The monoisotopic (exact) mass is 422 g/mol. The van der Waals surface area contributed by atoms with E-state index in [1.807, 2.05) is 6.92 Å². The number of hydrogen-bond donors (Lipinski definition) is 0. The van der Waals surface area contributed by atoms with Crippen molar-refractivity contribution in [3.05, 3.63) is 29.8 Å². The number of likely N-dealkylation sites (tertiary alicyclic amines) is 1. The molecule has 0 saturated carbocycles. The van der Waals surface area contributed by atoms with E-state index in [9.17, 15) is 18.0 Å². The molecular weight excluding hydrogens is 392 g/mol. The van der Waals surface area contributed by atoms with Crippen LogP contribution >= 0.6 is 0 Å². The molecule has 0 unspecified atom stereocenters. The second-order valence-electron chi connectivity index (χ2n) is 7.85. The minimum absolute atomic E-state index is 0.165. The zero-order valence-corrected chi connectivity index (χ0v) is 17.8. The Kier molecular flexibility index (Phi) is 7.29. The second kappa shape index (κ2) is 9.71. The first-order chi connectivity index (χ1) is 13.9. The minimum atomic E-state index is -3.55. The van der Waals surface area contributed by atoms with Gasteiger partial charge in [-0.05, 0) is 63.3 Å². The molecule has 1 aromatic rings. The number of ether oxygens (including phenoxy) is 1. The molecule has 2 heterocycles. The summed E-state index contributed by atoms with van der Waals surface area (Å²) < 4.78 is 32.3. The lowest BCUT2D eigenvalue weighted by molar-refractivity contribution is -0.137. The van der Waals surface area contributed by atoms with Gasteiger partial charge in [0.15, 0.2) is 6.61 Å². The fourth-order valence-electron chi connectivity index (χ4n) is 3.96. The van der Waals surface area contributed by atoms with Crippen LogP contribution in [0.1, 0.15) is 62.2 Å². The third-order valence-electron chi connectivity index (χ3n) is 5.74. The fourth-order valence-corrected chi connectivity index (χ4v) is 5.47. The number of hydrogen-bond acceptors (Lipinski definition) is 5. The Morgan fingerprint density at radius 3 is 2.21 bits per heavy atom. The van der Waals surface area contributed by atoms with E-state index in [-0.39, 0.29) is 29.0 Å². The van der Waals surface area contributed by atoms with Crippen LogP contribution in [-0.4, -0.2) is 61.8 Å². The molecule has 2 aliphatic heterocycles. The van der Waals surface area contributed by atoms with Gasteiger partial charge in [0.1, 0.15) is 0 Å². The normalized spacial score (nSPS) is 21.4. The summed E-state index contributed by atoms with van der Waals surface area (Å²) in [6.07, 6.45) is 6.87. The van der Waals surface area contributed by atoms with Crippen molar-refractivity contribution in [1.82, 2.24) is 9.21 Å². The molecule has 0 bridgehead atoms. The quantitative estimate of drug-likeness (QED) is 0.682. The lowest BCUT2D eigenvalue weighted by atomic mass is 10.0. The lowest BCUT2D eigenvalue weighted by Gasteiger charge is -2.33. The highest BCUT2D eigenvalue weighted by Crippen LogP contribution is 2.21. The Balaban J connectivity index is 1.59. The molecule has 0 aromatic heterocycles. The molecule has 0 spiro atoms. The Hall–Kier alpha value is -1.93. The molecule has 160 valence electrons. The van der Waals surface area contributed by atoms with E-state index in [4.69, 9.17) is 4.74 Å². The summed E-state index contributed by atoms with van der Waals surface area (Å²) in [5.41, 5.74) is 0.235. The Bertz CT molecular complexity index is 814. The van der Waals surface area contributed by atoms with Crippen molar-refractivity contribution in [1.29, 1.82) is 0 Å². The average Bonchev–Trinajstić information content (AvgIpc) is 3.02. The summed E-state index contributed by atoms with van der Waals surface area (Å²) in [6, 6.07) is 5.93. The third kappa shape index (κ3) is 5.36. The first kappa shape index (κ1) is 21.8. The number of benzene rings is 1. The maximum Gasteiger partial charge on any atom is 0.338 e. The summed E-state index contributed by atoms with van der Waals surface area (Å²) in [5, 5.41) is 0. The molecular formula is C21H30N2O5S. The van der Waals surface area contributed by atoms with Gasteiger partial charge in [0.25, 0.3) is 5.91 Å². The molecule has 1 aromatic carbocycles. The van der Waals surface area contributed by atoms with E-state index in [1.165, 1.54) is 28.6 Å². The molecule has 2 fully saturated rings. The zero-order chi connectivity index (χ0) is 20.9. The van der Waals surface area contributed by atoms with Crippen LogP contribution < -0.4 is 0 Å². The van der Waals surface area contributed by atoms with Crippen LogP contribution in [0, 0.1) is 0 Å². The van der Waals surface area contributed by atoms with Gasteiger partial charge in [0, 0.05) is 25.7 Å². The van der Waals surface area contributed by atoms with E-state index in [0.717, 1.165) is 44.9 Å². The first-order valence-corrected chi connectivity index (χ1v) is 11.9. The van der Waals surface area contributed by atoms with Crippen LogP contribution in [0.2, 0.25) is 0 Å². The standard InChI is InChI=1S/C21H30N2O5S/c1-17-8-4-7-15-23(17)20(24)16-28-21(25)18-9-11-19(12-10-18)29(26,27)22-13-5-2-3-6-14-22/h9-12,17H,2-8,13-16H2,1H3/t17-/m1/s1. The first-order valence-electron chi connectivity index (χ1n) is 10.5. The summed E-state index contributed by atoms with van der Waals surface area (Å²) in [5.74, 6) is -0.812. The van der Waals surface area contributed by atoms with Gasteiger partial charge in [0.05, 0.1) is 10.5 Å². The highest BCUT2D eigenvalue weighted by Gasteiger charge is 2.26. The van der Waals surface area contributed by atoms with Gasteiger partial charge < -0.3 is 9.64 Å². The Labute approximate surface area is 173 Å². The fraction of sp³-hybridized carbons (Fsp3) is 0.619. The predicted molar refractivity (Wildman–Crippen MR) is 109 cm³/mol. The summed E-state index contributed by atoms with van der Waals surface area (Å²) in [6.45, 7) is 3.46. The lowest BCUT2D eigenvalue weighted by Crippen LogP contribution is -2.44. The molecule has 1 atom stereocenters. The van der Waals surface area contributed by atoms with Crippen molar-refractivity contribution in [3.63, 3.8) is 0 Å². The van der Waals surface area contributed by atoms with E-state index in [0.29, 0.717) is 19.6 Å². The van der Waals surface area contributed by atoms with Crippen molar-refractivity contribution >= 4 is 21.9 Å².